The van der Waals surface area contributed by atoms with E-state index in [0.29, 0.717) is 0 Å². The Morgan fingerprint density at radius 2 is 1.35 bits per heavy atom. The van der Waals surface area contributed by atoms with E-state index in [4.69, 9.17) is 47.4 Å². The predicted molar refractivity (Wildman–Crippen MR) is 115 cm³/mol. The van der Waals surface area contributed by atoms with Gasteiger partial charge in [-0.1, -0.05) is 0 Å². The number of hydrogen-bond acceptors (Lipinski definition) is 14. The molecule has 14 heteroatoms. The van der Waals surface area contributed by atoms with Crippen LogP contribution in [-0.2, 0) is 66.5 Å². The van der Waals surface area contributed by atoms with Gasteiger partial charge in [0.2, 0.25) is 0 Å². The van der Waals surface area contributed by atoms with Crippen molar-refractivity contribution >= 4 is 23.9 Å². The lowest BCUT2D eigenvalue weighted by Crippen LogP contribution is -2.65. The van der Waals surface area contributed by atoms with Crippen LogP contribution in [0.3, 0.4) is 0 Å². The van der Waals surface area contributed by atoms with Crippen molar-refractivity contribution in [1.82, 2.24) is 0 Å². The maximum atomic E-state index is 12.1. The Hall–Kier alpha value is -2.36. The van der Waals surface area contributed by atoms with Crippen molar-refractivity contribution < 1.29 is 66.5 Å². The summed E-state index contributed by atoms with van der Waals surface area (Å²) < 4.78 is 57.4. The van der Waals surface area contributed by atoms with Crippen LogP contribution in [0.1, 0.15) is 41.5 Å². The molecule has 0 aromatic rings. The number of carbonyl (C=O) groups is 4. The normalized spacial score (nSPS) is 39.8. The first-order valence-electron chi connectivity index (χ1n) is 11.9. The molecule has 0 N–H and O–H groups in total. The van der Waals surface area contributed by atoms with E-state index in [-0.39, 0.29) is 13.2 Å². The highest BCUT2D eigenvalue weighted by molar-refractivity contribution is 5.68. The van der Waals surface area contributed by atoms with Gasteiger partial charge in [0.05, 0.1) is 6.61 Å². The van der Waals surface area contributed by atoms with Crippen LogP contribution in [0.15, 0.2) is 0 Å². The summed E-state index contributed by atoms with van der Waals surface area (Å²) in [7, 11) is 0. The highest BCUT2D eigenvalue weighted by Crippen LogP contribution is 2.43. The third-order valence-corrected chi connectivity index (χ3v) is 6.10. The lowest BCUT2D eigenvalue weighted by molar-refractivity contribution is -0.335. The summed E-state index contributed by atoms with van der Waals surface area (Å²) in [6, 6.07) is 0. The van der Waals surface area contributed by atoms with Crippen LogP contribution >= 0.6 is 0 Å². The van der Waals surface area contributed by atoms with Crippen molar-refractivity contribution in [3.05, 3.63) is 0 Å². The third-order valence-electron chi connectivity index (χ3n) is 6.10. The molecule has 0 saturated carbocycles. The minimum atomic E-state index is -1.38. The Morgan fingerprint density at radius 1 is 0.757 bits per heavy atom. The number of carbonyl (C=O) groups excluding carboxylic acids is 4. The lowest BCUT2D eigenvalue weighted by Gasteiger charge is -2.46. The molecule has 4 saturated heterocycles. The molecule has 0 unspecified atom stereocenters. The van der Waals surface area contributed by atoms with Crippen LogP contribution in [-0.4, -0.2) is 104 Å². The first-order valence-corrected chi connectivity index (χ1v) is 11.9. The van der Waals surface area contributed by atoms with Gasteiger partial charge in [0.25, 0.3) is 0 Å². The van der Waals surface area contributed by atoms with E-state index >= 15 is 0 Å². The molecule has 0 aromatic heterocycles. The molecule has 4 fully saturated rings. The number of fused-ring (bicyclic) bond motifs is 4. The second-order valence-corrected chi connectivity index (χ2v) is 9.61. The molecular formula is C23H32O14. The zero-order valence-corrected chi connectivity index (χ0v) is 21.4. The summed E-state index contributed by atoms with van der Waals surface area (Å²) in [5.41, 5.74) is 0. The second kappa shape index (κ2) is 10.8. The fraction of sp³-hybridized carbons (Fsp3) is 0.826. The van der Waals surface area contributed by atoms with Gasteiger partial charge in [-0.15, -0.1) is 0 Å². The Morgan fingerprint density at radius 3 is 1.97 bits per heavy atom. The maximum Gasteiger partial charge on any atom is 0.303 e. The minimum absolute atomic E-state index is 0.181. The van der Waals surface area contributed by atoms with E-state index in [2.05, 4.69) is 0 Å². The van der Waals surface area contributed by atoms with Gasteiger partial charge in [-0.3, -0.25) is 19.2 Å². The molecule has 4 rings (SSSR count). The monoisotopic (exact) mass is 532 g/mol. The smallest absolute Gasteiger partial charge is 0.303 e. The number of esters is 4. The molecule has 0 aromatic carbocycles. The SMILES string of the molecule is CC(=O)OC[C@@H]1O[C@@H](O[C@H]2[C@H]3OC(C)(C)O[C@@H]3[C@H]3OC[C@@H]2O3)[C@@H](OC(C)=O)[C@@H](OC(C)=O)[C@@H]1OC(C)=O. The third kappa shape index (κ3) is 6.21. The number of ether oxygens (including phenoxy) is 10. The highest BCUT2D eigenvalue weighted by atomic mass is 16.8. The van der Waals surface area contributed by atoms with E-state index in [9.17, 15) is 19.2 Å². The Bertz CT molecular complexity index is 904. The van der Waals surface area contributed by atoms with Crippen LogP contribution in [0, 0.1) is 0 Å². The molecule has 4 aliphatic heterocycles. The van der Waals surface area contributed by atoms with Gasteiger partial charge in [0.1, 0.15) is 37.1 Å². The molecule has 10 atom stereocenters. The minimum Gasteiger partial charge on any atom is -0.463 e. The van der Waals surface area contributed by atoms with Gasteiger partial charge in [0.15, 0.2) is 36.7 Å². The molecule has 4 aliphatic rings. The number of rotatable bonds is 7. The van der Waals surface area contributed by atoms with Crippen molar-refractivity contribution in [3.8, 4) is 0 Å². The summed E-state index contributed by atoms with van der Waals surface area (Å²) in [5, 5.41) is 0. The Kier molecular flexibility index (Phi) is 8.07. The zero-order chi connectivity index (χ0) is 27.1. The lowest BCUT2D eigenvalue weighted by atomic mass is 9.97. The summed E-state index contributed by atoms with van der Waals surface area (Å²) in [5.74, 6) is -3.77. The zero-order valence-electron chi connectivity index (χ0n) is 21.4. The van der Waals surface area contributed by atoms with Gasteiger partial charge in [0, 0.05) is 27.7 Å². The number of hydrogen-bond donors (Lipinski definition) is 0. The average Bonchev–Trinajstić information content (AvgIpc) is 3.35. The van der Waals surface area contributed by atoms with Crippen molar-refractivity contribution in [3.63, 3.8) is 0 Å². The first kappa shape index (κ1) is 27.7. The molecule has 4 heterocycles. The summed E-state index contributed by atoms with van der Waals surface area (Å²) in [6.45, 7) is 7.93. The van der Waals surface area contributed by atoms with E-state index in [1.807, 2.05) is 0 Å². The summed E-state index contributed by atoms with van der Waals surface area (Å²) in [6.07, 6.45) is -9.79. The second-order valence-electron chi connectivity index (χ2n) is 9.61. The Balaban J connectivity index is 1.66. The molecule has 14 nitrogen and oxygen atoms in total. The van der Waals surface area contributed by atoms with Gasteiger partial charge in [-0.25, -0.2) is 0 Å². The van der Waals surface area contributed by atoms with E-state index < -0.39 is 91.1 Å². The van der Waals surface area contributed by atoms with E-state index in [1.165, 1.54) is 6.92 Å². The topological polar surface area (TPSA) is 161 Å². The van der Waals surface area contributed by atoms with Crippen LogP contribution in [0.25, 0.3) is 0 Å². The Labute approximate surface area is 213 Å². The standard InChI is InChI=1S/C23H32O14/c1-9(24)28-7-13-15(30-10(2)25)17(31-11(3)26)19(32-12(4)27)22(34-13)35-16-14-8-29-21(33-14)20-18(16)36-23(5,6)37-20/h13-22H,7-8H2,1-6H3/t13-,14-,15+,16+,17-,18+,19-,20-,21-,22-/m0/s1. The van der Waals surface area contributed by atoms with Crippen molar-refractivity contribution in [2.75, 3.05) is 13.2 Å². The van der Waals surface area contributed by atoms with Gasteiger partial charge < -0.3 is 47.4 Å². The highest BCUT2D eigenvalue weighted by Gasteiger charge is 2.61. The van der Waals surface area contributed by atoms with Crippen molar-refractivity contribution in [2.24, 2.45) is 0 Å². The summed E-state index contributed by atoms with van der Waals surface area (Å²) >= 11 is 0. The fourth-order valence-corrected chi connectivity index (χ4v) is 4.90. The van der Waals surface area contributed by atoms with E-state index in [0.717, 1.165) is 20.8 Å². The maximum absolute atomic E-state index is 12.1. The van der Waals surface area contributed by atoms with Crippen LogP contribution in [0.2, 0.25) is 0 Å². The molecule has 208 valence electrons. The molecule has 0 amide bonds. The van der Waals surface area contributed by atoms with Crippen LogP contribution < -0.4 is 0 Å². The van der Waals surface area contributed by atoms with Crippen molar-refractivity contribution in [2.45, 2.75) is 109 Å². The molecule has 0 spiro atoms. The van der Waals surface area contributed by atoms with Gasteiger partial charge in [-0.2, -0.15) is 0 Å². The van der Waals surface area contributed by atoms with E-state index in [1.54, 1.807) is 13.8 Å². The molecule has 37 heavy (non-hydrogen) atoms. The van der Waals surface area contributed by atoms with Crippen LogP contribution in [0.5, 0.6) is 0 Å². The molecule has 0 aliphatic carbocycles. The average molecular weight is 532 g/mol. The van der Waals surface area contributed by atoms with Gasteiger partial charge >= 0.3 is 23.9 Å². The largest absolute Gasteiger partial charge is 0.463 e. The molecule has 2 bridgehead atoms. The fourth-order valence-electron chi connectivity index (χ4n) is 4.90. The molecular weight excluding hydrogens is 500 g/mol. The van der Waals surface area contributed by atoms with Crippen molar-refractivity contribution in [1.29, 1.82) is 0 Å². The quantitative estimate of drug-likeness (QED) is 0.311. The summed E-state index contributed by atoms with van der Waals surface area (Å²) in [4.78, 5) is 47.5. The first-order chi connectivity index (χ1) is 17.3. The predicted octanol–water partition coefficient (Wildman–Crippen LogP) is -0.270. The van der Waals surface area contributed by atoms with Crippen LogP contribution in [0.4, 0.5) is 0 Å². The van der Waals surface area contributed by atoms with Gasteiger partial charge in [-0.05, 0) is 13.8 Å². The molecule has 0 radical (unpaired) electrons.